The van der Waals surface area contributed by atoms with Crippen molar-refractivity contribution in [3.8, 4) is 11.8 Å². The molecule has 2 rings (SSSR count). The second-order valence-corrected chi connectivity index (χ2v) is 3.94. The van der Waals surface area contributed by atoms with Crippen molar-refractivity contribution in [2.75, 3.05) is 0 Å². The fourth-order valence-electron chi connectivity index (χ4n) is 1.49. The molecule has 5 nitrogen and oxygen atoms in total. The summed E-state index contributed by atoms with van der Waals surface area (Å²) >= 11 is 5.91. The lowest BCUT2D eigenvalue weighted by Gasteiger charge is -2.07. The molecule has 0 bridgehead atoms. The molecule has 0 atom stereocenters. The number of halogens is 1. The summed E-state index contributed by atoms with van der Waals surface area (Å²) in [5, 5.41) is 13.2. The zero-order chi connectivity index (χ0) is 13.0. The Morgan fingerprint density at radius 1 is 1.50 bits per heavy atom. The Hall–Kier alpha value is -2.06. The third kappa shape index (κ3) is 2.60. The molecule has 0 saturated heterocycles. The summed E-state index contributed by atoms with van der Waals surface area (Å²) in [7, 11) is 0. The van der Waals surface area contributed by atoms with Crippen LogP contribution in [0.1, 0.15) is 18.3 Å². The molecule has 92 valence electrons. The van der Waals surface area contributed by atoms with Crippen molar-refractivity contribution in [2.45, 2.75) is 20.1 Å². The predicted octanol–water partition coefficient (Wildman–Crippen LogP) is 2.40. The summed E-state index contributed by atoms with van der Waals surface area (Å²) in [6.45, 7) is 3.04. The highest BCUT2D eigenvalue weighted by atomic mass is 35.5. The second kappa shape index (κ2) is 5.52. The molecule has 0 unspecified atom stereocenters. The van der Waals surface area contributed by atoms with Gasteiger partial charge >= 0.3 is 0 Å². The van der Waals surface area contributed by atoms with Gasteiger partial charge in [0.05, 0.1) is 10.6 Å². The van der Waals surface area contributed by atoms with Crippen molar-refractivity contribution >= 4 is 11.6 Å². The van der Waals surface area contributed by atoms with Crippen LogP contribution in [-0.4, -0.2) is 14.8 Å². The van der Waals surface area contributed by atoms with Crippen LogP contribution in [0.15, 0.2) is 24.5 Å². The summed E-state index contributed by atoms with van der Waals surface area (Å²) < 4.78 is 7.31. The summed E-state index contributed by atoms with van der Waals surface area (Å²) in [4.78, 5) is 4.10. The van der Waals surface area contributed by atoms with E-state index in [1.54, 1.807) is 22.9 Å². The lowest BCUT2D eigenvalue weighted by Crippen LogP contribution is -2.07. The van der Waals surface area contributed by atoms with E-state index in [0.29, 0.717) is 22.9 Å². The number of hydrogen-bond donors (Lipinski definition) is 0. The van der Waals surface area contributed by atoms with Gasteiger partial charge in [0.25, 0.3) is 0 Å². The molecule has 6 heteroatoms. The first-order valence-electron chi connectivity index (χ1n) is 5.43. The number of nitrogens with zero attached hydrogens (tertiary/aromatic N) is 4. The standard InChI is InChI=1S/C12H11ClN4O/c1-2-17-12(15-8-16-17)7-18-10-4-3-9(6-14)11(13)5-10/h3-5,8H,2,7H2,1H3. The summed E-state index contributed by atoms with van der Waals surface area (Å²) in [6.07, 6.45) is 1.49. The molecule has 0 N–H and O–H groups in total. The molecule has 1 aromatic heterocycles. The number of hydrogen-bond acceptors (Lipinski definition) is 4. The van der Waals surface area contributed by atoms with Crippen molar-refractivity contribution in [1.29, 1.82) is 5.26 Å². The van der Waals surface area contributed by atoms with Crippen LogP contribution in [0.3, 0.4) is 0 Å². The first-order chi connectivity index (χ1) is 8.74. The van der Waals surface area contributed by atoms with Crippen molar-refractivity contribution < 1.29 is 4.74 Å². The highest BCUT2D eigenvalue weighted by Crippen LogP contribution is 2.22. The largest absolute Gasteiger partial charge is 0.486 e. The Morgan fingerprint density at radius 3 is 3.00 bits per heavy atom. The third-order valence-corrected chi connectivity index (χ3v) is 2.74. The zero-order valence-corrected chi connectivity index (χ0v) is 10.6. The number of ether oxygens (including phenoxy) is 1. The zero-order valence-electron chi connectivity index (χ0n) is 9.80. The van der Waals surface area contributed by atoms with Gasteiger partial charge in [0.15, 0.2) is 5.82 Å². The summed E-state index contributed by atoms with van der Waals surface area (Å²) in [6, 6.07) is 6.95. The van der Waals surface area contributed by atoms with Crippen molar-refractivity contribution in [3.05, 3.63) is 40.9 Å². The van der Waals surface area contributed by atoms with E-state index in [1.807, 2.05) is 13.0 Å². The Balaban J connectivity index is 2.07. The average molecular weight is 263 g/mol. The normalized spacial score (nSPS) is 10.1. The molecule has 0 fully saturated rings. The number of nitriles is 1. The van der Waals surface area contributed by atoms with Gasteiger partial charge in [-0.05, 0) is 19.1 Å². The van der Waals surface area contributed by atoms with Gasteiger partial charge in [-0.2, -0.15) is 10.4 Å². The van der Waals surface area contributed by atoms with E-state index in [4.69, 9.17) is 21.6 Å². The average Bonchev–Trinajstić information content (AvgIpc) is 2.84. The van der Waals surface area contributed by atoms with E-state index in [9.17, 15) is 0 Å². The van der Waals surface area contributed by atoms with Gasteiger partial charge in [-0.1, -0.05) is 11.6 Å². The molecule has 0 amide bonds. The Morgan fingerprint density at radius 2 is 2.33 bits per heavy atom. The van der Waals surface area contributed by atoms with E-state index < -0.39 is 0 Å². The Bertz CT molecular complexity index is 588. The minimum atomic E-state index is 0.316. The van der Waals surface area contributed by atoms with Crippen LogP contribution in [0.2, 0.25) is 5.02 Å². The van der Waals surface area contributed by atoms with E-state index in [-0.39, 0.29) is 0 Å². The monoisotopic (exact) mass is 262 g/mol. The van der Waals surface area contributed by atoms with E-state index in [0.717, 1.165) is 12.4 Å². The molecular weight excluding hydrogens is 252 g/mol. The highest BCUT2D eigenvalue weighted by Gasteiger charge is 2.05. The van der Waals surface area contributed by atoms with Crippen molar-refractivity contribution in [3.63, 3.8) is 0 Å². The lowest BCUT2D eigenvalue weighted by molar-refractivity contribution is 0.287. The molecule has 0 radical (unpaired) electrons. The molecule has 18 heavy (non-hydrogen) atoms. The molecule has 1 heterocycles. The van der Waals surface area contributed by atoms with E-state index >= 15 is 0 Å². The van der Waals surface area contributed by atoms with Crippen LogP contribution < -0.4 is 4.74 Å². The second-order valence-electron chi connectivity index (χ2n) is 3.53. The van der Waals surface area contributed by atoms with Crippen LogP contribution in [-0.2, 0) is 13.2 Å². The van der Waals surface area contributed by atoms with Gasteiger partial charge in [-0.15, -0.1) is 0 Å². The van der Waals surface area contributed by atoms with Gasteiger partial charge in [0.2, 0.25) is 0 Å². The van der Waals surface area contributed by atoms with Crippen LogP contribution in [0, 0.1) is 11.3 Å². The van der Waals surface area contributed by atoms with Gasteiger partial charge in [0, 0.05) is 12.6 Å². The maximum absolute atomic E-state index is 8.76. The predicted molar refractivity (Wildman–Crippen MR) is 66.2 cm³/mol. The third-order valence-electron chi connectivity index (χ3n) is 2.42. The van der Waals surface area contributed by atoms with Gasteiger partial charge in [0.1, 0.15) is 24.8 Å². The van der Waals surface area contributed by atoms with Crippen LogP contribution >= 0.6 is 11.6 Å². The first-order valence-corrected chi connectivity index (χ1v) is 5.81. The van der Waals surface area contributed by atoms with Crippen LogP contribution in [0.4, 0.5) is 0 Å². The Labute approximate surface area is 110 Å². The Kier molecular flexibility index (Phi) is 3.80. The minimum Gasteiger partial charge on any atom is -0.486 e. The number of rotatable bonds is 4. The molecule has 0 spiro atoms. The van der Waals surface area contributed by atoms with Crippen LogP contribution in [0.5, 0.6) is 5.75 Å². The topological polar surface area (TPSA) is 63.7 Å². The van der Waals surface area contributed by atoms with Crippen molar-refractivity contribution in [1.82, 2.24) is 14.8 Å². The summed E-state index contributed by atoms with van der Waals surface area (Å²) in [5.74, 6) is 1.35. The van der Waals surface area contributed by atoms with Crippen LogP contribution in [0.25, 0.3) is 0 Å². The minimum absolute atomic E-state index is 0.316. The van der Waals surface area contributed by atoms with Gasteiger partial charge < -0.3 is 4.74 Å². The SMILES string of the molecule is CCn1ncnc1COc1ccc(C#N)c(Cl)c1. The summed E-state index contributed by atoms with van der Waals surface area (Å²) in [5.41, 5.74) is 0.431. The molecule has 0 aliphatic carbocycles. The van der Waals surface area contributed by atoms with E-state index in [1.165, 1.54) is 6.33 Å². The molecule has 0 saturated carbocycles. The molecular formula is C12H11ClN4O. The first kappa shape index (κ1) is 12.4. The van der Waals surface area contributed by atoms with E-state index in [2.05, 4.69) is 10.1 Å². The maximum atomic E-state index is 8.76. The number of benzene rings is 1. The molecule has 1 aromatic carbocycles. The van der Waals surface area contributed by atoms with Crippen molar-refractivity contribution in [2.24, 2.45) is 0 Å². The fraction of sp³-hybridized carbons (Fsp3) is 0.250. The van der Waals surface area contributed by atoms with Gasteiger partial charge in [-0.25, -0.2) is 9.67 Å². The quantitative estimate of drug-likeness (QED) is 0.849. The maximum Gasteiger partial charge on any atom is 0.164 e. The van der Waals surface area contributed by atoms with Gasteiger partial charge in [-0.3, -0.25) is 0 Å². The highest BCUT2D eigenvalue weighted by molar-refractivity contribution is 6.31. The molecule has 0 aliphatic heterocycles. The number of aryl methyl sites for hydroxylation is 1. The fourth-order valence-corrected chi connectivity index (χ4v) is 1.70. The molecule has 2 aromatic rings. The number of aromatic nitrogens is 3. The lowest BCUT2D eigenvalue weighted by atomic mass is 10.2. The molecule has 0 aliphatic rings. The smallest absolute Gasteiger partial charge is 0.164 e.